The van der Waals surface area contributed by atoms with Crippen LogP contribution in [0.4, 0.5) is 0 Å². The lowest BCUT2D eigenvalue weighted by atomic mass is 10.1. The number of ether oxygens (including phenoxy) is 2. The third kappa shape index (κ3) is 5.41. The molecule has 0 saturated heterocycles. The van der Waals surface area contributed by atoms with Crippen LogP contribution in [-0.4, -0.2) is 26.3 Å². The van der Waals surface area contributed by atoms with Gasteiger partial charge in [-0.15, -0.1) is 0 Å². The maximum atomic E-state index is 6.09. The minimum Gasteiger partial charge on any atom is -0.497 e. The van der Waals surface area contributed by atoms with Gasteiger partial charge in [0.05, 0.1) is 11.6 Å². The number of nitrogens with one attached hydrogen (secondary N) is 1. The van der Waals surface area contributed by atoms with Crippen molar-refractivity contribution in [1.82, 2.24) is 5.32 Å². The van der Waals surface area contributed by atoms with Crippen LogP contribution >= 0.6 is 15.9 Å². The number of hydrogen-bond donors (Lipinski definition) is 1. The van der Waals surface area contributed by atoms with E-state index in [9.17, 15) is 0 Å². The van der Waals surface area contributed by atoms with Gasteiger partial charge in [-0.05, 0) is 53.0 Å². The van der Waals surface area contributed by atoms with Crippen LogP contribution in [0.1, 0.15) is 27.2 Å². The Hall–Kier alpha value is -0.740. The van der Waals surface area contributed by atoms with Crippen LogP contribution in [0.5, 0.6) is 11.5 Å². The molecule has 0 aliphatic heterocycles. The average Bonchev–Trinajstić information content (AvgIpc) is 2.39. The summed E-state index contributed by atoms with van der Waals surface area (Å²) in [6.45, 7) is 8.41. The van der Waals surface area contributed by atoms with Gasteiger partial charge in [-0.25, -0.2) is 0 Å². The monoisotopic (exact) mass is 329 g/mol. The Balaban J connectivity index is 2.67. The number of methoxy groups -OCH3 is 1. The highest BCUT2D eigenvalue weighted by molar-refractivity contribution is 9.10. The third-order valence-corrected chi connectivity index (χ3v) is 3.55. The molecule has 0 aliphatic carbocycles. The van der Waals surface area contributed by atoms with Gasteiger partial charge in [0, 0.05) is 6.54 Å². The van der Waals surface area contributed by atoms with E-state index in [0.29, 0.717) is 5.92 Å². The highest BCUT2D eigenvalue weighted by atomic mass is 79.9. The molecule has 108 valence electrons. The van der Waals surface area contributed by atoms with Gasteiger partial charge in [-0.3, -0.25) is 0 Å². The summed E-state index contributed by atoms with van der Waals surface area (Å²) in [6, 6.07) is 5.78. The molecule has 0 aromatic heterocycles. The molecular weight excluding hydrogens is 306 g/mol. The van der Waals surface area contributed by atoms with Crippen molar-refractivity contribution in [3.05, 3.63) is 22.7 Å². The molecule has 0 fully saturated rings. The number of halogens is 1. The molecule has 0 radical (unpaired) electrons. The normalized spacial score (nSPS) is 12.5. The zero-order valence-corrected chi connectivity index (χ0v) is 13.8. The summed E-state index contributed by atoms with van der Waals surface area (Å²) >= 11 is 3.52. The molecule has 0 amide bonds. The van der Waals surface area contributed by atoms with Crippen LogP contribution in [0, 0.1) is 5.92 Å². The van der Waals surface area contributed by atoms with E-state index in [4.69, 9.17) is 9.47 Å². The van der Waals surface area contributed by atoms with E-state index in [1.54, 1.807) is 7.11 Å². The van der Waals surface area contributed by atoms with E-state index < -0.39 is 0 Å². The Labute approximate surface area is 124 Å². The SMILES string of the molecule is CCCNCC(Oc1ccc(OC)cc1Br)C(C)C. The topological polar surface area (TPSA) is 30.5 Å². The Morgan fingerprint density at radius 3 is 2.58 bits per heavy atom. The van der Waals surface area contributed by atoms with Crippen molar-refractivity contribution >= 4 is 15.9 Å². The summed E-state index contributed by atoms with van der Waals surface area (Å²) in [5.74, 6) is 2.14. The first kappa shape index (κ1) is 16.3. The smallest absolute Gasteiger partial charge is 0.134 e. The standard InChI is InChI=1S/C15H24BrNO2/c1-5-8-17-10-15(11(2)3)19-14-7-6-12(18-4)9-13(14)16/h6-7,9,11,15,17H,5,8,10H2,1-4H3. The fourth-order valence-corrected chi connectivity index (χ4v) is 2.15. The van der Waals surface area contributed by atoms with E-state index in [1.807, 2.05) is 18.2 Å². The van der Waals surface area contributed by atoms with E-state index >= 15 is 0 Å². The lowest BCUT2D eigenvalue weighted by molar-refractivity contribution is 0.148. The third-order valence-electron chi connectivity index (χ3n) is 2.93. The van der Waals surface area contributed by atoms with Crippen molar-refractivity contribution in [3.63, 3.8) is 0 Å². The number of benzene rings is 1. The van der Waals surface area contributed by atoms with Gasteiger partial charge in [0.15, 0.2) is 0 Å². The maximum Gasteiger partial charge on any atom is 0.134 e. The maximum absolute atomic E-state index is 6.09. The molecule has 0 aliphatic rings. The minimum absolute atomic E-state index is 0.163. The van der Waals surface area contributed by atoms with Crippen molar-refractivity contribution < 1.29 is 9.47 Å². The van der Waals surface area contributed by atoms with E-state index in [2.05, 4.69) is 42.0 Å². The van der Waals surface area contributed by atoms with Gasteiger partial charge < -0.3 is 14.8 Å². The van der Waals surface area contributed by atoms with Crippen LogP contribution in [0.25, 0.3) is 0 Å². The molecule has 1 aromatic carbocycles. The Kier molecular flexibility index (Phi) is 7.24. The molecule has 0 heterocycles. The first-order chi connectivity index (χ1) is 9.08. The van der Waals surface area contributed by atoms with Crippen LogP contribution in [-0.2, 0) is 0 Å². The van der Waals surface area contributed by atoms with E-state index in [-0.39, 0.29) is 6.10 Å². The van der Waals surface area contributed by atoms with Crippen molar-refractivity contribution in [2.45, 2.75) is 33.3 Å². The Bertz CT molecular complexity index is 382. The molecule has 0 spiro atoms. The zero-order chi connectivity index (χ0) is 14.3. The second-order valence-electron chi connectivity index (χ2n) is 4.90. The highest BCUT2D eigenvalue weighted by Crippen LogP contribution is 2.30. The predicted octanol–water partition coefficient (Wildman–Crippen LogP) is 3.86. The van der Waals surface area contributed by atoms with Gasteiger partial charge in [0.1, 0.15) is 17.6 Å². The summed E-state index contributed by atoms with van der Waals surface area (Å²) in [6.07, 6.45) is 1.30. The van der Waals surface area contributed by atoms with Crippen LogP contribution < -0.4 is 14.8 Å². The summed E-state index contributed by atoms with van der Waals surface area (Å²) in [5.41, 5.74) is 0. The number of rotatable bonds is 8. The molecule has 1 unspecified atom stereocenters. The lowest BCUT2D eigenvalue weighted by Crippen LogP contribution is -2.35. The van der Waals surface area contributed by atoms with Gasteiger partial charge in [-0.1, -0.05) is 20.8 Å². The molecule has 19 heavy (non-hydrogen) atoms. The van der Waals surface area contributed by atoms with E-state index in [1.165, 1.54) is 0 Å². The van der Waals surface area contributed by atoms with Crippen molar-refractivity contribution in [2.75, 3.05) is 20.2 Å². The molecule has 0 bridgehead atoms. The van der Waals surface area contributed by atoms with E-state index in [0.717, 1.165) is 35.5 Å². The Morgan fingerprint density at radius 1 is 1.32 bits per heavy atom. The second kappa shape index (κ2) is 8.43. The van der Waals surface area contributed by atoms with Crippen LogP contribution in [0.3, 0.4) is 0 Å². The minimum atomic E-state index is 0.163. The molecular formula is C15H24BrNO2. The first-order valence-electron chi connectivity index (χ1n) is 6.79. The highest BCUT2D eigenvalue weighted by Gasteiger charge is 2.16. The predicted molar refractivity (Wildman–Crippen MR) is 83.1 cm³/mol. The molecule has 1 rings (SSSR count). The van der Waals surface area contributed by atoms with Gasteiger partial charge in [-0.2, -0.15) is 0 Å². The molecule has 1 aromatic rings. The van der Waals surface area contributed by atoms with Crippen molar-refractivity contribution in [3.8, 4) is 11.5 Å². The largest absolute Gasteiger partial charge is 0.497 e. The van der Waals surface area contributed by atoms with Crippen molar-refractivity contribution in [2.24, 2.45) is 5.92 Å². The molecule has 1 N–H and O–H groups in total. The second-order valence-corrected chi connectivity index (χ2v) is 5.76. The number of hydrogen-bond acceptors (Lipinski definition) is 3. The van der Waals surface area contributed by atoms with Crippen LogP contribution in [0.15, 0.2) is 22.7 Å². The quantitative estimate of drug-likeness (QED) is 0.734. The lowest BCUT2D eigenvalue weighted by Gasteiger charge is -2.24. The molecule has 3 nitrogen and oxygen atoms in total. The van der Waals surface area contributed by atoms with Gasteiger partial charge in [0.2, 0.25) is 0 Å². The summed E-state index contributed by atoms with van der Waals surface area (Å²) in [5, 5.41) is 3.41. The fourth-order valence-electron chi connectivity index (χ4n) is 1.70. The summed E-state index contributed by atoms with van der Waals surface area (Å²) in [7, 11) is 1.66. The zero-order valence-electron chi connectivity index (χ0n) is 12.2. The first-order valence-corrected chi connectivity index (χ1v) is 7.58. The van der Waals surface area contributed by atoms with Crippen molar-refractivity contribution in [1.29, 1.82) is 0 Å². The molecule has 4 heteroatoms. The summed E-state index contributed by atoms with van der Waals surface area (Å²) in [4.78, 5) is 0. The van der Waals surface area contributed by atoms with Crippen LogP contribution in [0.2, 0.25) is 0 Å². The molecule has 1 atom stereocenters. The fraction of sp³-hybridized carbons (Fsp3) is 0.600. The van der Waals surface area contributed by atoms with Gasteiger partial charge in [0.25, 0.3) is 0 Å². The average molecular weight is 330 g/mol. The van der Waals surface area contributed by atoms with Gasteiger partial charge >= 0.3 is 0 Å². The Morgan fingerprint density at radius 2 is 2.05 bits per heavy atom. The summed E-state index contributed by atoms with van der Waals surface area (Å²) < 4.78 is 12.2. The molecule has 0 saturated carbocycles.